The number of thioether (sulfide) groups is 1. The number of carbonyl (C=O) groups excluding carboxylic acids is 1. The molecule has 0 aromatic heterocycles. The van der Waals surface area contributed by atoms with E-state index in [2.05, 4.69) is 26.2 Å². The third kappa shape index (κ3) is 5.33. The average molecular weight is 500 g/mol. The summed E-state index contributed by atoms with van der Waals surface area (Å²) in [5, 5.41) is 4.05. The van der Waals surface area contributed by atoms with Crippen LogP contribution in [0.5, 0.6) is 5.75 Å². The van der Waals surface area contributed by atoms with Gasteiger partial charge in [-0.3, -0.25) is 4.79 Å². The molecule has 1 heterocycles. The van der Waals surface area contributed by atoms with Crippen LogP contribution in [0.3, 0.4) is 0 Å². The Kier molecular flexibility index (Phi) is 6.57. The van der Waals surface area contributed by atoms with E-state index in [1.54, 1.807) is 0 Å². The lowest BCUT2D eigenvalue weighted by Gasteiger charge is -2.10. The van der Waals surface area contributed by atoms with Crippen molar-refractivity contribution in [2.45, 2.75) is 6.61 Å². The molecular weight excluding hydrogens is 484 g/mol. The van der Waals surface area contributed by atoms with Gasteiger partial charge < -0.3 is 10.1 Å². The van der Waals surface area contributed by atoms with Gasteiger partial charge in [0.15, 0.2) is 5.17 Å². The van der Waals surface area contributed by atoms with E-state index < -0.39 is 0 Å². The fourth-order valence-corrected chi connectivity index (χ4v) is 4.08. The maximum Gasteiger partial charge on any atom is 0.264 e. The van der Waals surface area contributed by atoms with Crippen molar-refractivity contribution in [2.24, 2.45) is 4.99 Å². The van der Waals surface area contributed by atoms with Crippen molar-refractivity contribution >= 4 is 62.1 Å². The molecule has 4 nitrogen and oxygen atoms in total. The van der Waals surface area contributed by atoms with E-state index in [0.717, 1.165) is 21.3 Å². The van der Waals surface area contributed by atoms with Gasteiger partial charge in [-0.1, -0.05) is 57.9 Å². The van der Waals surface area contributed by atoms with Crippen molar-refractivity contribution in [3.8, 4) is 5.75 Å². The minimum absolute atomic E-state index is 0.182. The highest BCUT2D eigenvalue weighted by Gasteiger charge is 2.24. The molecular formula is C23H16BrClN2O2S. The highest BCUT2D eigenvalue weighted by atomic mass is 79.9. The first kappa shape index (κ1) is 20.7. The molecule has 0 unspecified atom stereocenters. The Labute approximate surface area is 192 Å². The molecule has 1 N–H and O–H groups in total. The number of amides is 1. The molecule has 1 aliphatic rings. The molecule has 0 bridgehead atoms. The largest absolute Gasteiger partial charge is 0.488 e. The minimum atomic E-state index is -0.182. The highest BCUT2D eigenvalue weighted by molar-refractivity contribution is 9.10. The van der Waals surface area contributed by atoms with Crippen LogP contribution in [-0.4, -0.2) is 11.1 Å². The summed E-state index contributed by atoms with van der Waals surface area (Å²) in [6.45, 7) is 0.398. The third-order valence-electron chi connectivity index (χ3n) is 4.20. The Balaban J connectivity index is 1.55. The van der Waals surface area contributed by atoms with Gasteiger partial charge in [0, 0.05) is 15.1 Å². The second-order valence-electron chi connectivity index (χ2n) is 6.41. The number of benzene rings is 3. The van der Waals surface area contributed by atoms with Crippen LogP contribution in [-0.2, 0) is 11.4 Å². The van der Waals surface area contributed by atoms with Crippen LogP contribution in [0.1, 0.15) is 11.1 Å². The zero-order chi connectivity index (χ0) is 20.9. The van der Waals surface area contributed by atoms with E-state index in [1.165, 1.54) is 11.8 Å². The van der Waals surface area contributed by atoms with Gasteiger partial charge in [-0.2, -0.15) is 0 Å². The van der Waals surface area contributed by atoms with Gasteiger partial charge in [0.05, 0.1) is 10.6 Å². The Hall–Kier alpha value is -2.54. The first-order valence-electron chi connectivity index (χ1n) is 9.08. The number of ether oxygens (including phenoxy) is 1. The van der Waals surface area contributed by atoms with E-state index in [1.807, 2.05) is 78.9 Å². The molecule has 3 aromatic rings. The van der Waals surface area contributed by atoms with Gasteiger partial charge in [0.2, 0.25) is 0 Å². The average Bonchev–Trinajstić information content (AvgIpc) is 3.08. The summed E-state index contributed by atoms with van der Waals surface area (Å²) < 4.78 is 6.90. The lowest BCUT2D eigenvalue weighted by Crippen LogP contribution is -2.19. The predicted octanol–water partition coefficient (Wildman–Crippen LogP) is 6.57. The van der Waals surface area contributed by atoms with Crippen molar-refractivity contribution in [1.82, 2.24) is 5.32 Å². The second kappa shape index (κ2) is 9.51. The maximum atomic E-state index is 12.4. The van der Waals surface area contributed by atoms with E-state index in [0.29, 0.717) is 27.5 Å². The molecule has 3 aromatic carbocycles. The summed E-state index contributed by atoms with van der Waals surface area (Å²) in [5.41, 5.74) is 2.60. The molecule has 0 saturated carbocycles. The summed E-state index contributed by atoms with van der Waals surface area (Å²) >= 11 is 10.7. The van der Waals surface area contributed by atoms with E-state index in [-0.39, 0.29) is 5.91 Å². The SMILES string of the molecule is O=C1NC(=Nc2ccccc2)S/C1=C\c1cc(Br)ccc1OCc1ccc(Cl)cc1. The zero-order valence-corrected chi connectivity index (χ0v) is 18.8. The molecule has 0 spiro atoms. The highest BCUT2D eigenvalue weighted by Crippen LogP contribution is 2.32. The number of carbonyl (C=O) groups is 1. The van der Waals surface area contributed by atoms with Gasteiger partial charge in [-0.05, 0) is 65.9 Å². The quantitative estimate of drug-likeness (QED) is 0.404. The summed E-state index contributed by atoms with van der Waals surface area (Å²) in [4.78, 5) is 17.5. The third-order valence-corrected chi connectivity index (χ3v) is 5.86. The van der Waals surface area contributed by atoms with Crippen LogP contribution in [0.15, 0.2) is 87.2 Å². The number of amidine groups is 1. The Bertz CT molecular complexity index is 1130. The summed E-state index contributed by atoms with van der Waals surface area (Å²) in [7, 11) is 0. The standard InChI is InChI=1S/C23H16BrClN2O2S/c24-17-8-11-20(29-14-15-6-9-18(25)10-7-15)16(12-17)13-21-22(28)27-23(30-21)26-19-4-2-1-3-5-19/h1-13H,14H2,(H,26,27,28)/b21-13-. The van der Waals surface area contributed by atoms with Crippen molar-refractivity contribution in [2.75, 3.05) is 0 Å². The normalized spacial score (nSPS) is 16.1. The number of halogens is 2. The molecule has 1 saturated heterocycles. The molecule has 150 valence electrons. The number of nitrogens with zero attached hydrogens (tertiary/aromatic N) is 1. The molecule has 0 radical (unpaired) electrons. The van der Waals surface area contributed by atoms with E-state index in [9.17, 15) is 4.79 Å². The van der Waals surface area contributed by atoms with Gasteiger partial charge in [0.25, 0.3) is 5.91 Å². The lowest BCUT2D eigenvalue weighted by molar-refractivity contribution is -0.115. The molecule has 30 heavy (non-hydrogen) atoms. The molecule has 1 aliphatic heterocycles. The Morgan fingerprint density at radius 1 is 1.07 bits per heavy atom. The Morgan fingerprint density at radius 2 is 1.83 bits per heavy atom. The Morgan fingerprint density at radius 3 is 2.60 bits per heavy atom. The number of para-hydroxylation sites is 1. The monoisotopic (exact) mass is 498 g/mol. The van der Waals surface area contributed by atoms with Crippen molar-refractivity contribution in [3.05, 3.63) is 98.3 Å². The van der Waals surface area contributed by atoms with Gasteiger partial charge in [-0.25, -0.2) is 4.99 Å². The van der Waals surface area contributed by atoms with Crippen LogP contribution in [0.4, 0.5) is 5.69 Å². The molecule has 4 rings (SSSR count). The van der Waals surface area contributed by atoms with Gasteiger partial charge in [-0.15, -0.1) is 0 Å². The number of aliphatic imine (C=N–C) groups is 1. The number of nitrogens with one attached hydrogen (secondary N) is 1. The minimum Gasteiger partial charge on any atom is -0.488 e. The smallest absolute Gasteiger partial charge is 0.264 e. The van der Waals surface area contributed by atoms with Crippen LogP contribution in [0.25, 0.3) is 6.08 Å². The predicted molar refractivity (Wildman–Crippen MR) is 127 cm³/mol. The van der Waals surface area contributed by atoms with Gasteiger partial charge >= 0.3 is 0 Å². The van der Waals surface area contributed by atoms with E-state index in [4.69, 9.17) is 16.3 Å². The van der Waals surface area contributed by atoms with Crippen molar-refractivity contribution in [3.63, 3.8) is 0 Å². The number of hydrogen-bond acceptors (Lipinski definition) is 4. The van der Waals surface area contributed by atoms with Gasteiger partial charge in [0.1, 0.15) is 12.4 Å². The molecule has 1 fully saturated rings. The van der Waals surface area contributed by atoms with Crippen LogP contribution >= 0.6 is 39.3 Å². The summed E-state index contributed by atoms with van der Waals surface area (Å²) in [6, 6.07) is 22.7. The topological polar surface area (TPSA) is 50.7 Å². The molecule has 0 atom stereocenters. The number of hydrogen-bond donors (Lipinski definition) is 1. The van der Waals surface area contributed by atoms with Crippen LogP contribution in [0, 0.1) is 0 Å². The maximum absolute atomic E-state index is 12.4. The first-order chi connectivity index (χ1) is 14.6. The van der Waals surface area contributed by atoms with Crippen molar-refractivity contribution in [1.29, 1.82) is 0 Å². The fraction of sp³-hybridized carbons (Fsp3) is 0.0435. The summed E-state index contributed by atoms with van der Waals surface area (Å²) in [6.07, 6.45) is 1.81. The first-order valence-corrected chi connectivity index (χ1v) is 11.1. The fourth-order valence-electron chi connectivity index (χ4n) is 2.75. The lowest BCUT2D eigenvalue weighted by atomic mass is 10.2. The van der Waals surface area contributed by atoms with Crippen molar-refractivity contribution < 1.29 is 9.53 Å². The second-order valence-corrected chi connectivity index (χ2v) is 8.80. The number of rotatable bonds is 5. The van der Waals surface area contributed by atoms with Crippen LogP contribution < -0.4 is 10.1 Å². The molecule has 7 heteroatoms. The van der Waals surface area contributed by atoms with Crippen LogP contribution in [0.2, 0.25) is 5.02 Å². The summed E-state index contributed by atoms with van der Waals surface area (Å²) in [5.74, 6) is 0.501. The van der Waals surface area contributed by atoms with E-state index >= 15 is 0 Å². The molecule has 1 amide bonds. The molecule has 0 aliphatic carbocycles. The zero-order valence-electron chi connectivity index (χ0n) is 15.6.